The Morgan fingerprint density at radius 1 is 1.57 bits per heavy atom. The Morgan fingerprint density at radius 3 is 2.86 bits per heavy atom. The van der Waals surface area contributed by atoms with Gasteiger partial charge in [-0.3, -0.25) is 0 Å². The molecule has 76 valence electrons. The van der Waals surface area contributed by atoms with Crippen molar-refractivity contribution in [2.75, 3.05) is 0 Å². The molecule has 1 aliphatic rings. The molecule has 1 rings (SSSR count). The molecular weight excluding hydrogens is 170 g/mol. The molecule has 1 heteroatoms. The SMILES string of the molecule is C=CC(C)(C)C1CCC=C(C#N)CC1. The summed E-state index contributed by atoms with van der Waals surface area (Å²) in [6.07, 6.45) is 8.44. The van der Waals surface area contributed by atoms with Crippen molar-refractivity contribution in [3.63, 3.8) is 0 Å². The second kappa shape index (κ2) is 4.46. The van der Waals surface area contributed by atoms with Crippen LogP contribution in [0.2, 0.25) is 0 Å². The van der Waals surface area contributed by atoms with Gasteiger partial charge in [-0.25, -0.2) is 0 Å². The fourth-order valence-corrected chi connectivity index (χ4v) is 2.05. The summed E-state index contributed by atoms with van der Waals surface area (Å²) < 4.78 is 0. The fraction of sp³-hybridized carbons (Fsp3) is 0.615. The van der Waals surface area contributed by atoms with Crippen molar-refractivity contribution in [1.29, 1.82) is 5.26 Å². The van der Waals surface area contributed by atoms with Crippen LogP contribution in [0, 0.1) is 22.7 Å². The van der Waals surface area contributed by atoms with Gasteiger partial charge in [0, 0.05) is 5.57 Å². The molecular formula is C13H19N. The predicted molar refractivity (Wildman–Crippen MR) is 59.6 cm³/mol. The maximum absolute atomic E-state index is 8.82. The third-order valence-electron chi connectivity index (χ3n) is 3.39. The first-order valence-electron chi connectivity index (χ1n) is 5.33. The number of hydrogen-bond donors (Lipinski definition) is 0. The Labute approximate surface area is 87.1 Å². The highest BCUT2D eigenvalue weighted by Crippen LogP contribution is 2.37. The van der Waals surface area contributed by atoms with Gasteiger partial charge in [-0.2, -0.15) is 5.26 Å². The maximum Gasteiger partial charge on any atom is 0.0943 e. The molecule has 0 fully saturated rings. The van der Waals surface area contributed by atoms with Crippen LogP contribution in [0.4, 0.5) is 0 Å². The summed E-state index contributed by atoms with van der Waals surface area (Å²) in [4.78, 5) is 0. The Bertz CT molecular complexity index is 278. The van der Waals surface area contributed by atoms with E-state index in [9.17, 15) is 0 Å². The summed E-state index contributed by atoms with van der Waals surface area (Å²) in [7, 11) is 0. The van der Waals surface area contributed by atoms with Gasteiger partial charge < -0.3 is 0 Å². The standard InChI is InChI=1S/C13H19N/c1-4-13(2,3)12-7-5-6-11(10-14)8-9-12/h4,6,12H,1,5,7-9H2,2-3H3. The van der Waals surface area contributed by atoms with Gasteiger partial charge in [-0.15, -0.1) is 6.58 Å². The summed E-state index contributed by atoms with van der Waals surface area (Å²) in [5.41, 5.74) is 1.17. The smallest absolute Gasteiger partial charge is 0.0943 e. The first-order chi connectivity index (χ1) is 6.60. The summed E-state index contributed by atoms with van der Waals surface area (Å²) in [6, 6.07) is 2.27. The third kappa shape index (κ3) is 2.48. The van der Waals surface area contributed by atoms with E-state index in [0.717, 1.165) is 24.8 Å². The monoisotopic (exact) mass is 189 g/mol. The van der Waals surface area contributed by atoms with Crippen molar-refractivity contribution in [2.24, 2.45) is 11.3 Å². The van der Waals surface area contributed by atoms with Gasteiger partial charge >= 0.3 is 0 Å². The van der Waals surface area contributed by atoms with Crippen LogP contribution in [0.5, 0.6) is 0 Å². The van der Waals surface area contributed by atoms with Crippen LogP contribution < -0.4 is 0 Å². The molecule has 0 aliphatic heterocycles. The minimum absolute atomic E-state index is 0.207. The van der Waals surface area contributed by atoms with Crippen molar-refractivity contribution < 1.29 is 0 Å². The van der Waals surface area contributed by atoms with E-state index in [-0.39, 0.29) is 5.41 Å². The quantitative estimate of drug-likeness (QED) is 0.605. The zero-order valence-corrected chi connectivity index (χ0v) is 9.21. The largest absolute Gasteiger partial charge is 0.193 e. The lowest BCUT2D eigenvalue weighted by molar-refractivity contribution is 0.255. The van der Waals surface area contributed by atoms with E-state index in [1.54, 1.807) is 0 Å². The molecule has 1 atom stereocenters. The highest BCUT2D eigenvalue weighted by atomic mass is 14.3. The molecule has 0 aromatic carbocycles. The zero-order valence-electron chi connectivity index (χ0n) is 9.21. The van der Waals surface area contributed by atoms with E-state index < -0.39 is 0 Å². The van der Waals surface area contributed by atoms with Gasteiger partial charge in [0.25, 0.3) is 0 Å². The third-order valence-corrected chi connectivity index (χ3v) is 3.39. The molecule has 0 aromatic heterocycles. The summed E-state index contributed by atoms with van der Waals surface area (Å²) in [5, 5.41) is 8.82. The van der Waals surface area contributed by atoms with Gasteiger partial charge in [0.05, 0.1) is 6.07 Å². The molecule has 0 spiro atoms. The molecule has 0 bridgehead atoms. The van der Waals surface area contributed by atoms with E-state index in [1.165, 1.54) is 6.42 Å². The van der Waals surface area contributed by atoms with Crippen LogP contribution in [0.3, 0.4) is 0 Å². The maximum atomic E-state index is 8.82. The van der Waals surface area contributed by atoms with Crippen molar-refractivity contribution in [3.8, 4) is 6.07 Å². The Hall–Kier alpha value is -1.03. The average molecular weight is 189 g/mol. The average Bonchev–Trinajstić information content (AvgIpc) is 2.42. The molecule has 1 aliphatic carbocycles. The molecule has 0 amide bonds. The second-order valence-electron chi connectivity index (χ2n) is 4.68. The van der Waals surface area contributed by atoms with E-state index >= 15 is 0 Å². The fourth-order valence-electron chi connectivity index (χ4n) is 2.05. The highest BCUT2D eigenvalue weighted by molar-refractivity contribution is 5.21. The van der Waals surface area contributed by atoms with Gasteiger partial charge in [0.1, 0.15) is 0 Å². The van der Waals surface area contributed by atoms with Gasteiger partial charge in [-0.1, -0.05) is 26.0 Å². The van der Waals surface area contributed by atoms with E-state index in [2.05, 4.69) is 38.6 Å². The first kappa shape index (κ1) is 11.0. The molecule has 0 radical (unpaired) electrons. The topological polar surface area (TPSA) is 23.8 Å². The molecule has 0 saturated carbocycles. The van der Waals surface area contributed by atoms with Crippen LogP contribution in [-0.4, -0.2) is 0 Å². The van der Waals surface area contributed by atoms with E-state index in [1.807, 2.05) is 0 Å². The molecule has 0 saturated heterocycles. The van der Waals surface area contributed by atoms with Gasteiger partial charge in [0.2, 0.25) is 0 Å². The number of allylic oxidation sites excluding steroid dienone is 3. The normalized spacial score (nSPS) is 23.2. The summed E-state index contributed by atoms with van der Waals surface area (Å²) >= 11 is 0. The number of nitriles is 1. The van der Waals surface area contributed by atoms with Crippen LogP contribution >= 0.6 is 0 Å². The van der Waals surface area contributed by atoms with Crippen molar-refractivity contribution in [3.05, 3.63) is 24.3 Å². The Kier molecular flexibility index (Phi) is 3.52. The lowest BCUT2D eigenvalue weighted by Gasteiger charge is -2.30. The number of nitrogens with zero attached hydrogens (tertiary/aromatic N) is 1. The molecule has 0 heterocycles. The molecule has 0 aromatic rings. The summed E-state index contributed by atoms with van der Waals surface area (Å²) in [6.45, 7) is 8.37. The predicted octanol–water partition coefficient (Wildman–Crippen LogP) is 3.84. The Morgan fingerprint density at radius 2 is 2.29 bits per heavy atom. The lowest BCUT2D eigenvalue weighted by atomic mass is 9.75. The minimum Gasteiger partial charge on any atom is -0.193 e. The van der Waals surface area contributed by atoms with Crippen LogP contribution in [0.15, 0.2) is 24.3 Å². The van der Waals surface area contributed by atoms with Crippen LogP contribution in [0.1, 0.15) is 39.5 Å². The molecule has 1 unspecified atom stereocenters. The number of hydrogen-bond acceptors (Lipinski definition) is 1. The minimum atomic E-state index is 0.207. The summed E-state index contributed by atoms with van der Waals surface area (Å²) in [5.74, 6) is 0.669. The van der Waals surface area contributed by atoms with E-state index in [0.29, 0.717) is 5.92 Å². The zero-order chi connectivity index (χ0) is 10.6. The molecule has 0 N–H and O–H groups in total. The van der Waals surface area contributed by atoms with E-state index in [4.69, 9.17) is 5.26 Å². The van der Waals surface area contributed by atoms with Crippen LogP contribution in [-0.2, 0) is 0 Å². The first-order valence-corrected chi connectivity index (χ1v) is 5.33. The highest BCUT2D eigenvalue weighted by Gasteiger charge is 2.26. The van der Waals surface area contributed by atoms with Crippen molar-refractivity contribution >= 4 is 0 Å². The Balaban J connectivity index is 2.64. The molecule has 1 nitrogen and oxygen atoms in total. The van der Waals surface area contributed by atoms with Gasteiger partial charge in [-0.05, 0) is 37.0 Å². The van der Waals surface area contributed by atoms with Crippen molar-refractivity contribution in [1.82, 2.24) is 0 Å². The van der Waals surface area contributed by atoms with Crippen molar-refractivity contribution in [2.45, 2.75) is 39.5 Å². The lowest BCUT2D eigenvalue weighted by Crippen LogP contribution is -2.20. The van der Waals surface area contributed by atoms with Crippen LogP contribution in [0.25, 0.3) is 0 Å². The second-order valence-corrected chi connectivity index (χ2v) is 4.68. The molecule has 14 heavy (non-hydrogen) atoms. The van der Waals surface area contributed by atoms with Gasteiger partial charge in [0.15, 0.2) is 0 Å². The number of rotatable bonds is 2.